The van der Waals surface area contributed by atoms with E-state index in [0.717, 1.165) is 22.6 Å². The summed E-state index contributed by atoms with van der Waals surface area (Å²) in [6.07, 6.45) is 0. The van der Waals surface area contributed by atoms with Crippen LogP contribution in [-0.4, -0.2) is 23.5 Å². The Morgan fingerprint density at radius 2 is 1.85 bits per heavy atom. The van der Waals surface area contributed by atoms with Gasteiger partial charge in [0.05, 0.1) is 5.56 Å². The van der Waals surface area contributed by atoms with Gasteiger partial charge in [-0.3, -0.25) is 4.79 Å². The molecule has 0 fully saturated rings. The summed E-state index contributed by atoms with van der Waals surface area (Å²) < 4.78 is 5.99. The number of nitrogens with zero attached hydrogens (tertiary/aromatic N) is 1. The summed E-state index contributed by atoms with van der Waals surface area (Å²) in [6, 6.07) is 15.5. The van der Waals surface area contributed by atoms with Gasteiger partial charge in [-0.25, -0.2) is 0 Å². The summed E-state index contributed by atoms with van der Waals surface area (Å²) in [4.78, 5) is 15.1. The normalized spacial score (nSPS) is 19.1. The van der Waals surface area contributed by atoms with Gasteiger partial charge in [-0.1, -0.05) is 36.9 Å². The standard InChI is InChI=1S/C22H26N2O2/c1-15(2)14-26-20-13-9-7-11-18(20)22(5)23-19-12-8-6-10-17(19)21(25)24(22)16(3)4/h6-13,16,23H,1,14H2,2-5H3. The molecule has 26 heavy (non-hydrogen) atoms. The predicted molar refractivity (Wildman–Crippen MR) is 105 cm³/mol. The summed E-state index contributed by atoms with van der Waals surface area (Å²) in [5.74, 6) is 0.773. The van der Waals surface area contributed by atoms with Crippen LogP contribution in [-0.2, 0) is 5.66 Å². The van der Waals surface area contributed by atoms with Crippen LogP contribution >= 0.6 is 0 Å². The average molecular weight is 350 g/mol. The molecule has 1 unspecified atom stereocenters. The van der Waals surface area contributed by atoms with Gasteiger partial charge in [0.1, 0.15) is 18.0 Å². The molecule has 1 amide bonds. The first-order valence-electron chi connectivity index (χ1n) is 8.92. The molecule has 1 heterocycles. The van der Waals surface area contributed by atoms with Crippen LogP contribution in [0, 0.1) is 0 Å². The van der Waals surface area contributed by atoms with Crippen molar-refractivity contribution in [2.75, 3.05) is 11.9 Å². The van der Waals surface area contributed by atoms with Gasteiger partial charge >= 0.3 is 0 Å². The highest BCUT2D eigenvalue weighted by Crippen LogP contribution is 2.42. The Balaban J connectivity index is 2.13. The summed E-state index contributed by atoms with van der Waals surface area (Å²) in [6.45, 7) is 12.4. The van der Waals surface area contributed by atoms with Crippen molar-refractivity contribution in [3.05, 3.63) is 71.8 Å². The second-order valence-corrected chi connectivity index (χ2v) is 7.25. The number of benzene rings is 2. The predicted octanol–water partition coefficient (Wildman–Crippen LogP) is 4.79. The van der Waals surface area contributed by atoms with Crippen LogP contribution < -0.4 is 10.1 Å². The highest BCUT2D eigenvalue weighted by Gasteiger charge is 2.45. The molecule has 4 nitrogen and oxygen atoms in total. The summed E-state index contributed by atoms with van der Waals surface area (Å²) >= 11 is 0. The number of amides is 1. The van der Waals surface area contributed by atoms with Crippen LogP contribution in [0.2, 0.25) is 0 Å². The van der Waals surface area contributed by atoms with Crippen LogP contribution in [0.1, 0.15) is 43.6 Å². The van der Waals surface area contributed by atoms with Crippen LogP contribution in [0.25, 0.3) is 0 Å². The van der Waals surface area contributed by atoms with Gasteiger partial charge in [-0.15, -0.1) is 0 Å². The highest BCUT2D eigenvalue weighted by molar-refractivity contribution is 6.02. The quantitative estimate of drug-likeness (QED) is 0.788. The number of nitrogens with one attached hydrogen (secondary N) is 1. The van der Waals surface area contributed by atoms with Gasteiger partial charge < -0.3 is 15.0 Å². The van der Waals surface area contributed by atoms with E-state index in [1.807, 2.05) is 81.1 Å². The topological polar surface area (TPSA) is 41.6 Å². The van der Waals surface area contributed by atoms with E-state index >= 15 is 0 Å². The summed E-state index contributed by atoms with van der Waals surface area (Å²) in [5, 5.41) is 3.58. The van der Waals surface area contributed by atoms with Gasteiger partial charge in [0.25, 0.3) is 5.91 Å². The maximum atomic E-state index is 13.3. The molecule has 3 rings (SSSR count). The number of rotatable bonds is 5. The molecule has 0 aromatic heterocycles. The van der Waals surface area contributed by atoms with E-state index in [0.29, 0.717) is 12.2 Å². The van der Waals surface area contributed by atoms with Crippen LogP contribution in [0.4, 0.5) is 5.69 Å². The third-order valence-corrected chi connectivity index (χ3v) is 4.64. The monoisotopic (exact) mass is 350 g/mol. The van der Waals surface area contributed by atoms with Crippen molar-refractivity contribution in [2.24, 2.45) is 0 Å². The van der Waals surface area contributed by atoms with E-state index in [2.05, 4.69) is 11.9 Å². The maximum absolute atomic E-state index is 13.3. The minimum absolute atomic E-state index is 0.0163. The number of carbonyl (C=O) groups excluding carboxylic acids is 1. The minimum atomic E-state index is -0.717. The Kier molecular flexibility index (Phi) is 4.77. The zero-order valence-electron chi connectivity index (χ0n) is 15.9. The average Bonchev–Trinajstić information content (AvgIpc) is 2.60. The molecule has 1 aliphatic rings. The summed E-state index contributed by atoms with van der Waals surface area (Å²) in [7, 11) is 0. The maximum Gasteiger partial charge on any atom is 0.258 e. The lowest BCUT2D eigenvalue weighted by Crippen LogP contribution is -2.58. The molecule has 136 valence electrons. The van der Waals surface area contributed by atoms with Crippen molar-refractivity contribution in [3.8, 4) is 5.75 Å². The molecular weight excluding hydrogens is 324 g/mol. The van der Waals surface area contributed by atoms with Crippen LogP contribution in [0.15, 0.2) is 60.7 Å². The zero-order chi connectivity index (χ0) is 18.9. The van der Waals surface area contributed by atoms with Gasteiger partial charge in [0.2, 0.25) is 0 Å². The minimum Gasteiger partial charge on any atom is -0.489 e. The fourth-order valence-corrected chi connectivity index (χ4v) is 3.58. The molecule has 2 aromatic rings. The highest BCUT2D eigenvalue weighted by atomic mass is 16.5. The fraction of sp³-hybridized carbons (Fsp3) is 0.318. The Morgan fingerprint density at radius 3 is 2.54 bits per heavy atom. The number of hydrogen-bond donors (Lipinski definition) is 1. The lowest BCUT2D eigenvalue weighted by Gasteiger charge is -2.49. The Morgan fingerprint density at radius 1 is 1.19 bits per heavy atom. The van der Waals surface area contributed by atoms with Crippen molar-refractivity contribution in [1.29, 1.82) is 0 Å². The van der Waals surface area contributed by atoms with E-state index in [1.165, 1.54) is 0 Å². The molecule has 4 heteroatoms. The van der Waals surface area contributed by atoms with Gasteiger partial charge in [-0.05, 0) is 51.5 Å². The van der Waals surface area contributed by atoms with E-state index in [4.69, 9.17) is 4.74 Å². The van der Waals surface area contributed by atoms with Crippen molar-refractivity contribution in [3.63, 3.8) is 0 Å². The molecule has 0 saturated heterocycles. The molecule has 0 radical (unpaired) electrons. The number of fused-ring (bicyclic) bond motifs is 1. The van der Waals surface area contributed by atoms with Crippen molar-refractivity contribution in [2.45, 2.75) is 39.4 Å². The Bertz CT molecular complexity index is 844. The van der Waals surface area contributed by atoms with Crippen molar-refractivity contribution < 1.29 is 9.53 Å². The number of anilines is 1. The third kappa shape index (κ3) is 3.07. The largest absolute Gasteiger partial charge is 0.489 e. The lowest BCUT2D eigenvalue weighted by atomic mass is 9.91. The van der Waals surface area contributed by atoms with E-state index in [9.17, 15) is 4.79 Å². The van der Waals surface area contributed by atoms with Crippen LogP contribution in [0.5, 0.6) is 5.75 Å². The lowest BCUT2D eigenvalue weighted by molar-refractivity contribution is 0.0427. The molecule has 1 N–H and O–H groups in total. The first kappa shape index (κ1) is 18.1. The number of carbonyl (C=O) groups is 1. The Hall–Kier alpha value is -2.75. The third-order valence-electron chi connectivity index (χ3n) is 4.64. The first-order chi connectivity index (χ1) is 12.3. The molecule has 1 aliphatic heterocycles. The van der Waals surface area contributed by atoms with Crippen molar-refractivity contribution in [1.82, 2.24) is 4.90 Å². The molecule has 0 spiro atoms. The summed E-state index contributed by atoms with van der Waals surface area (Å²) in [5.41, 5.74) is 2.69. The van der Waals surface area contributed by atoms with E-state index in [-0.39, 0.29) is 11.9 Å². The first-order valence-corrected chi connectivity index (χ1v) is 8.92. The molecule has 0 aliphatic carbocycles. The second-order valence-electron chi connectivity index (χ2n) is 7.25. The fourth-order valence-electron chi connectivity index (χ4n) is 3.58. The van der Waals surface area contributed by atoms with E-state index < -0.39 is 5.66 Å². The number of para-hydroxylation sites is 2. The molecular formula is C22H26N2O2. The molecule has 1 atom stereocenters. The van der Waals surface area contributed by atoms with Gasteiger partial charge in [-0.2, -0.15) is 0 Å². The zero-order valence-corrected chi connectivity index (χ0v) is 15.9. The molecule has 0 saturated carbocycles. The van der Waals surface area contributed by atoms with Gasteiger partial charge in [0, 0.05) is 17.3 Å². The molecule has 0 bridgehead atoms. The van der Waals surface area contributed by atoms with Gasteiger partial charge in [0.15, 0.2) is 0 Å². The Labute approximate surface area is 155 Å². The smallest absolute Gasteiger partial charge is 0.258 e. The number of hydrogen-bond acceptors (Lipinski definition) is 3. The second kappa shape index (κ2) is 6.87. The van der Waals surface area contributed by atoms with Crippen LogP contribution in [0.3, 0.4) is 0 Å². The SMILES string of the molecule is C=C(C)COc1ccccc1C1(C)Nc2ccccc2C(=O)N1C(C)C. The van der Waals surface area contributed by atoms with E-state index in [1.54, 1.807) is 0 Å². The molecule has 2 aromatic carbocycles. The van der Waals surface area contributed by atoms with Crippen molar-refractivity contribution >= 4 is 11.6 Å². The number of ether oxygens (including phenoxy) is 1.